The Hall–Kier alpha value is -1.88. The third kappa shape index (κ3) is 5.55. The van der Waals surface area contributed by atoms with Crippen molar-refractivity contribution < 1.29 is 14.7 Å². The second kappa shape index (κ2) is 8.42. The highest BCUT2D eigenvalue weighted by Crippen LogP contribution is 2.14. The average molecular weight is 292 g/mol. The highest BCUT2D eigenvalue weighted by molar-refractivity contribution is 5.73. The topological polar surface area (TPSA) is 69.6 Å². The smallest absolute Gasteiger partial charge is 0.320 e. The predicted molar refractivity (Wildman–Crippen MR) is 82.0 cm³/mol. The van der Waals surface area contributed by atoms with Crippen LogP contribution in [-0.4, -0.2) is 41.0 Å². The molecule has 0 aromatic heterocycles. The average Bonchev–Trinajstić information content (AvgIpc) is 2.45. The summed E-state index contributed by atoms with van der Waals surface area (Å²) in [6.45, 7) is 6.73. The van der Waals surface area contributed by atoms with E-state index in [0.717, 1.165) is 12.0 Å². The molecular weight excluding hydrogens is 268 g/mol. The molecule has 21 heavy (non-hydrogen) atoms. The number of nitrogens with one attached hydrogen (secondary N) is 1. The maximum Gasteiger partial charge on any atom is 0.320 e. The van der Waals surface area contributed by atoms with Crippen molar-refractivity contribution in [3.8, 4) is 0 Å². The third-order valence-corrected chi connectivity index (χ3v) is 3.55. The summed E-state index contributed by atoms with van der Waals surface area (Å²) < 4.78 is 0. The number of nitrogens with zero attached hydrogens (tertiary/aromatic N) is 1. The molecule has 0 aliphatic rings. The number of carboxylic acids is 1. The Kier molecular flexibility index (Phi) is 6.88. The lowest BCUT2D eigenvalue weighted by Gasteiger charge is -2.27. The van der Waals surface area contributed by atoms with Gasteiger partial charge in [-0.15, -0.1) is 0 Å². The van der Waals surface area contributed by atoms with E-state index in [2.05, 4.69) is 18.3 Å². The van der Waals surface area contributed by atoms with Crippen molar-refractivity contribution in [1.82, 2.24) is 10.2 Å². The molecule has 5 nitrogen and oxygen atoms in total. The van der Waals surface area contributed by atoms with Crippen molar-refractivity contribution in [2.45, 2.75) is 39.8 Å². The molecule has 5 heteroatoms. The Morgan fingerprint density at radius 1 is 1.29 bits per heavy atom. The minimum absolute atomic E-state index is 0.105. The summed E-state index contributed by atoms with van der Waals surface area (Å²) in [5.41, 5.74) is 2.36. The zero-order valence-corrected chi connectivity index (χ0v) is 12.9. The van der Waals surface area contributed by atoms with Crippen LogP contribution in [0.5, 0.6) is 0 Å². The third-order valence-electron chi connectivity index (χ3n) is 3.55. The highest BCUT2D eigenvalue weighted by Gasteiger charge is 2.21. The Balaban J connectivity index is 2.80. The van der Waals surface area contributed by atoms with Crippen LogP contribution in [0.4, 0.5) is 0 Å². The molecule has 0 saturated heterocycles. The van der Waals surface area contributed by atoms with Gasteiger partial charge in [-0.1, -0.05) is 31.2 Å². The van der Waals surface area contributed by atoms with Gasteiger partial charge in [-0.2, -0.15) is 0 Å². The Morgan fingerprint density at radius 3 is 2.43 bits per heavy atom. The number of carboxylic acid groups (broad SMARTS) is 1. The van der Waals surface area contributed by atoms with Crippen LogP contribution in [0.2, 0.25) is 0 Å². The summed E-state index contributed by atoms with van der Waals surface area (Å²) in [6.07, 6.45) is 0.914. The van der Waals surface area contributed by atoms with Crippen molar-refractivity contribution in [2.24, 2.45) is 0 Å². The molecule has 0 bridgehead atoms. The zero-order chi connectivity index (χ0) is 15.8. The molecule has 0 aliphatic carbocycles. The van der Waals surface area contributed by atoms with Crippen LogP contribution < -0.4 is 5.32 Å². The van der Waals surface area contributed by atoms with Crippen molar-refractivity contribution in [2.75, 3.05) is 13.1 Å². The summed E-state index contributed by atoms with van der Waals surface area (Å²) in [7, 11) is 0. The van der Waals surface area contributed by atoms with Gasteiger partial charge < -0.3 is 10.4 Å². The first-order valence-corrected chi connectivity index (χ1v) is 7.23. The van der Waals surface area contributed by atoms with E-state index in [1.165, 1.54) is 12.5 Å². The summed E-state index contributed by atoms with van der Waals surface area (Å²) in [5.74, 6) is -0.960. The van der Waals surface area contributed by atoms with Gasteiger partial charge in [0.15, 0.2) is 0 Å². The standard InChI is InChI=1S/C16H24N2O3/c1-4-14-7-5-6-8-15(14)11-18(12(2)16(20)21)10-9-17-13(3)19/h5-8,12H,4,9-11H2,1-3H3,(H,17,19)(H,20,21). The van der Waals surface area contributed by atoms with Gasteiger partial charge in [-0.05, 0) is 24.5 Å². The van der Waals surface area contributed by atoms with Crippen LogP contribution in [0.25, 0.3) is 0 Å². The first-order chi connectivity index (χ1) is 9.95. The fourth-order valence-electron chi connectivity index (χ4n) is 2.22. The number of hydrogen-bond donors (Lipinski definition) is 2. The van der Waals surface area contributed by atoms with Gasteiger partial charge in [-0.3, -0.25) is 14.5 Å². The molecule has 1 aromatic rings. The molecule has 1 unspecified atom stereocenters. The maximum atomic E-state index is 11.3. The number of aryl methyl sites for hydroxylation is 1. The van der Waals surface area contributed by atoms with E-state index >= 15 is 0 Å². The number of aliphatic carboxylic acids is 1. The molecule has 0 spiro atoms. The van der Waals surface area contributed by atoms with Crippen LogP contribution in [0.15, 0.2) is 24.3 Å². The van der Waals surface area contributed by atoms with Gasteiger partial charge in [0, 0.05) is 26.6 Å². The van der Waals surface area contributed by atoms with Crippen molar-refractivity contribution in [3.63, 3.8) is 0 Å². The Bertz CT molecular complexity index is 488. The highest BCUT2D eigenvalue weighted by atomic mass is 16.4. The molecule has 1 aromatic carbocycles. The van der Waals surface area contributed by atoms with Crippen LogP contribution in [0, 0.1) is 0 Å². The van der Waals surface area contributed by atoms with E-state index in [9.17, 15) is 14.7 Å². The first kappa shape index (κ1) is 17.2. The normalized spacial score (nSPS) is 12.2. The predicted octanol–water partition coefficient (Wildman–Crippen LogP) is 1.66. The number of carbonyl (C=O) groups is 2. The number of rotatable bonds is 8. The lowest BCUT2D eigenvalue weighted by Crippen LogP contribution is -2.42. The SMILES string of the molecule is CCc1ccccc1CN(CCNC(C)=O)C(C)C(=O)O. The second-order valence-corrected chi connectivity index (χ2v) is 5.09. The van der Waals surface area contributed by atoms with Crippen LogP contribution >= 0.6 is 0 Å². The largest absolute Gasteiger partial charge is 0.480 e. The van der Waals surface area contributed by atoms with E-state index in [4.69, 9.17) is 0 Å². The van der Waals surface area contributed by atoms with Crippen LogP contribution in [0.1, 0.15) is 31.9 Å². The first-order valence-electron chi connectivity index (χ1n) is 7.23. The Morgan fingerprint density at radius 2 is 1.90 bits per heavy atom. The summed E-state index contributed by atoms with van der Waals surface area (Å²) in [5, 5.41) is 11.9. The van der Waals surface area contributed by atoms with Gasteiger partial charge >= 0.3 is 5.97 Å². The molecule has 0 saturated carbocycles. The lowest BCUT2D eigenvalue weighted by molar-refractivity contribution is -0.142. The minimum atomic E-state index is -0.855. The monoisotopic (exact) mass is 292 g/mol. The molecule has 1 amide bonds. The summed E-state index contributed by atoms with van der Waals surface area (Å²) in [4.78, 5) is 24.1. The van der Waals surface area contributed by atoms with Crippen LogP contribution in [-0.2, 0) is 22.6 Å². The lowest BCUT2D eigenvalue weighted by atomic mass is 10.0. The van der Waals surface area contributed by atoms with E-state index in [1.54, 1.807) is 6.92 Å². The second-order valence-electron chi connectivity index (χ2n) is 5.09. The van der Waals surface area contributed by atoms with E-state index in [-0.39, 0.29) is 5.91 Å². The molecule has 1 rings (SSSR count). The zero-order valence-electron chi connectivity index (χ0n) is 12.9. The van der Waals surface area contributed by atoms with Crippen molar-refractivity contribution >= 4 is 11.9 Å². The quantitative estimate of drug-likeness (QED) is 0.764. The van der Waals surface area contributed by atoms with E-state index in [1.807, 2.05) is 23.1 Å². The number of carbonyl (C=O) groups excluding carboxylic acids is 1. The van der Waals surface area contributed by atoms with E-state index in [0.29, 0.717) is 19.6 Å². The van der Waals surface area contributed by atoms with Crippen molar-refractivity contribution in [1.29, 1.82) is 0 Å². The minimum Gasteiger partial charge on any atom is -0.480 e. The molecule has 0 heterocycles. The molecule has 2 N–H and O–H groups in total. The van der Waals surface area contributed by atoms with Gasteiger partial charge in [0.25, 0.3) is 0 Å². The number of benzene rings is 1. The van der Waals surface area contributed by atoms with Crippen LogP contribution in [0.3, 0.4) is 0 Å². The molecular formula is C16H24N2O3. The van der Waals surface area contributed by atoms with E-state index < -0.39 is 12.0 Å². The Labute approximate surface area is 126 Å². The maximum absolute atomic E-state index is 11.3. The molecule has 1 atom stereocenters. The summed E-state index contributed by atoms with van der Waals surface area (Å²) in [6, 6.07) is 7.45. The van der Waals surface area contributed by atoms with Crippen molar-refractivity contribution in [3.05, 3.63) is 35.4 Å². The fourth-order valence-corrected chi connectivity index (χ4v) is 2.22. The number of amides is 1. The van der Waals surface area contributed by atoms with Gasteiger partial charge in [0.2, 0.25) is 5.91 Å². The molecule has 0 radical (unpaired) electrons. The van der Waals surface area contributed by atoms with Gasteiger partial charge in [0.05, 0.1) is 0 Å². The fraction of sp³-hybridized carbons (Fsp3) is 0.500. The molecule has 0 aliphatic heterocycles. The van der Waals surface area contributed by atoms with Gasteiger partial charge in [-0.25, -0.2) is 0 Å². The molecule has 116 valence electrons. The summed E-state index contributed by atoms with van der Waals surface area (Å²) >= 11 is 0. The molecule has 0 fully saturated rings. The van der Waals surface area contributed by atoms with Gasteiger partial charge in [0.1, 0.15) is 6.04 Å². The number of hydrogen-bond acceptors (Lipinski definition) is 3.